The van der Waals surface area contributed by atoms with Crippen LogP contribution in [0.5, 0.6) is 0 Å². The van der Waals surface area contributed by atoms with E-state index in [2.05, 4.69) is 54.1 Å². The fraction of sp³-hybridized carbons (Fsp3) is 0.654. The SMILES string of the molecule is CON(C)CCCCCCCCCC/C=C\C#CCCCCc1ccc[n+](C)c1.[I-]. The van der Waals surface area contributed by atoms with Gasteiger partial charge in [-0.2, -0.15) is 5.06 Å². The second kappa shape index (κ2) is 21.3. The fourth-order valence-corrected chi connectivity index (χ4v) is 3.36. The summed E-state index contributed by atoms with van der Waals surface area (Å²) in [4.78, 5) is 5.12. The molecule has 0 aliphatic carbocycles. The van der Waals surface area contributed by atoms with E-state index in [1.807, 2.05) is 18.2 Å². The van der Waals surface area contributed by atoms with Gasteiger partial charge in [-0.25, -0.2) is 4.57 Å². The first kappa shape index (κ1) is 29.1. The molecule has 0 N–H and O–H groups in total. The molecule has 170 valence electrons. The molecule has 0 fully saturated rings. The minimum Gasteiger partial charge on any atom is -1.00 e. The van der Waals surface area contributed by atoms with E-state index in [1.54, 1.807) is 7.11 Å². The zero-order chi connectivity index (χ0) is 21.0. The van der Waals surface area contributed by atoms with E-state index in [0.717, 1.165) is 19.4 Å². The van der Waals surface area contributed by atoms with Gasteiger partial charge in [0, 0.05) is 31.6 Å². The third-order valence-electron chi connectivity index (χ3n) is 5.23. The molecule has 0 unspecified atom stereocenters. The van der Waals surface area contributed by atoms with Gasteiger partial charge in [-0.3, -0.25) is 0 Å². The number of hydrogen-bond donors (Lipinski definition) is 0. The summed E-state index contributed by atoms with van der Waals surface area (Å²) in [5.41, 5.74) is 1.41. The van der Waals surface area contributed by atoms with Crippen molar-refractivity contribution in [3.05, 3.63) is 42.2 Å². The lowest BCUT2D eigenvalue weighted by molar-refractivity contribution is -0.671. The lowest BCUT2D eigenvalue weighted by Crippen LogP contribution is -3.00. The van der Waals surface area contributed by atoms with Crippen molar-refractivity contribution in [3.63, 3.8) is 0 Å². The Morgan fingerprint density at radius 3 is 2.40 bits per heavy atom. The number of allylic oxidation sites excluding steroid dienone is 2. The Morgan fingerprint density at radius 2 is 1.70 bits per heavy atom. The van der Waals surface area contributed by atoms with Gasteiger partial charge in [0.1, 0.15) is 7.05 Å². The van der Waals surface area contributed by atoms with Crippen LogP contribution in [0.3, 0.4) is 0 Å². The van der Waals surface area contributed by atoms with Crippen molar-refractivity contribution >= 4 is 0 Å². The van der Waals surface area contributed by atoms with Gasteiger partial charge in [0.15, 0.2) is 12.4 Å². The van der Waals surface area contributed by atoms with Crippen LogP contribution in [0.25, 0.3) is 0 Å². The highest BCUT2D eigenvalue weighted by Gasteiger charge is 1.97. The summed E-state index contributed by atoms with van der Waals surface area (Å²) in [7, 11) is 5.80. The van der Waals surface area contributed by atoms with E-state index in [0.29, 0.717) is 0 Å². The Balaban J connectivity index is 0.00000841. The number of aromatic nitrogens is 1. The largest absolute Gasteiger partial charge is 1.00 e. The highest BCUT2D eigenvalue weighted by atomic mass is 127. The Morgan fingerprint density at radius 1 is 1.00 bits per heavy atom. The molecule has 4 heteroatoms. The molecular formula is C26H43IN2O. The molecule has 1 rings (SSSR count). The van der Waals surface area contributed by atoms with Crippen LogP contribution >= 0.6 is 0 Å². The number of rotatable bonds is 16. The van der Waals surface area contributed by atoms with E-state index in [1.165, 1.54) is 76.2 Å². The number of hydroxylamine groups is 2. The highest BCUT2D eigenvalue weighted by molar-refractivity contribution is 5.15. The number of aryl methyl sites for hydroxylation is 2. The summed E-state index contributed by atoms with van der Waals surface area (Å²) >= 11 is 0. The smallest absolute Gasteiger partial charge is 0.171 e. The Bertz CT molecular complexity index is 607. The average molecular weight is 527 g/mol. The first-order chi connectivity index (χ1) is 14.2. The molecule has 0 bridgehead atoms. The molecule has 0 saturated heterocycles. The molecule has 0 saturated carbocycles. The molecule has 30 heavy (non-hydrogen) atoms. The average Bonchev–Trinajstić information content (AvgIpc) is 2.72. The van der Waals surface area contributed by atoms with Gasteiger partial charge in [-0.15, -0.1) is 0 Å². The molecule has 0 aliphatic rings. The molecule has 1 aromatic rings. The predicted molar refractivity (Wildman–Crippen MR) is 123 cm³/mol. The summed E-state index contributed by atoms with van der Waals surface area (Å²) in [6.07, 6.45) is 25.0. The van der Waals surface area contributed by atoms with Gasteiger partial charge in [-0.05, 0) is 50.7 Å². The quantitative estimate of drug-likeness (QED) is 0.108. The third kappa shape index (κ3) is 17.9. The van der Waals surface area contributed by atoms with Crippen LogP contribution in [0, 0.1) is 11.8 Å². The molecule has 3 nitrogen and oxygen atoms in total. The number of unbranched alkanes of at least 4 members (excludes halogenated alkanes) is 10. The molecule has 0 radical (unpaired) electrons. The van der Waals surface area contributed by atoms with Gasteiger partial charge in [-0.1, -0.05) is 56.4 Å². The van der Waals surface area contributed by atoms with Crippen molar-refractivity contribution in [2.45, 2.75) is 83.5 Å². The normalized spacial score (nSPS) is 10.8. The highest BCUT2D eigenvalue weighted by Crippen LogP contribution is 2.10. The molecule has 0 atom stereocenters. The van der Waals surface area contributed by atoms with Crippen LogP contribution in [0.15, 0.2) is 36.7 Å². The van der Waals surface area contributed by atoms with Crippen LogP contribution in [-0.4, -0.2) is 25.8 Å². The number of hydrogen-bond acceptors (Lipinski definition) is 2. The van der Waals surface area contributed by atoms with Crippen LogP contribution in [0.1, 0.15) is 82.6 Å². The zero-order valence-electron chi connectivity index (χ0n) is 19.5. The van der Waals surface area contributed by atoms with Crippen LogP contribution in [0.4, 0.5) is 0 Å². The zero-order valence-corrected chi connectivity index (χ0v) is 21.7. The Labute approximate surface area is 203 Å². The predicted octanol–water partition coefficient (Wildman–Crippen LogP) is 2.79. The Kier molecular flexibility index (Phi) is 20.7. The van der Waals surface area contributed by atoms with Gasteiger partial charge < -0.3 is 28.8 Å². The first-order valence-electron chi connectivity index (χ1n) is 11.5. The van der Waals surface area contributed by atoms with E-state index < -0.39 is 0 Å². The summed E-state index contributed by atoms with van der Waals surface area (Å²) < 4.78 is 2.12. The maximum atomic E-state index is 5.12. The van der Waals surface area contributed by atoms with Crippen molar-refractivity contribution in [2.24, 2.45) is 7.05 Å². The topological polar surface area (TPSA) is 16.4 Å². The summed E-state index contributed by atoms with van der Waals surface area (Å²) in [5.74, 6) is 6.47. The minimum atomic E-state index is 0. The molecule has 0 aliphatic heterocycles. The summed E-state index contributed by atoms with van der Waals surface area (Å²) in [6, 6.07) is 4.32. The lowest BCUT2D eigenvalue weighted by Gasteiger charge is -2.12. The number of nitrogens with zero attached hydrogens (tertiary/aromatic N) is 2. The second-order valence-corrected chi connectivity index (χ2v) is 7.96. The Hall–Kier alpha value is -0.900. The van der Waals surface area contributed by atoms with E-state index in [4.69, 9.17) is 4.84 Å². The molecule has 1 aromatic heterocycles. The van der Waals surface area contributed by atoms with Gasteiger partial charge in [0.05, 0.1) is 7.11 Å². The van der Waals surface area contributed by atoms with Crippen molar-refractivity contribution < 1.29 is 33.4 Å². The molecule has 0 amide bonds. The molecule has 0 aromatic carbocycles. The fourth-order valence-electron chi connectivity index (χ4n) is 3.36. The van der Waals surface area contributed by atoms with Crippen LogP contribution in [0.2, 0.25) is 0 Å². The van der Waals surface area contributed by atoms with E-state index in [9.17, 15) is 0 Å². The van der Waals surface area contributed by atoms with Gasteiger partial charge in [0.2, 0.25) is 0 Å². The molecular weight excluding hydrogens is 483 g/mol. The van der Waals surface area contributed by atoms with Crippen LogP contribution in [-0.2, 0) is 18.3 Å². The maximum Gasteiger partial charge on any atom is 0.171 e. The third-order valence-corrected chi connectivity index (χ3v) is 5.23. The number of halogens is 1. The number of pyridine rings is 1. The van der Waals surface area contributed by atoms with Crippen LogP contribution < -0.4 is 28.5 Å². The summed E-state index contributed by atoms with van der Waals surface area (Å²) in [6.45, 7) is 1.04. The first-order valence-corrected chi connectivity index (χ1v) is 11.5. The van der Waals surface area contributed by atoms with Crippen molar-refractivity contribution in [1.29, 1.82) is 0 Å². The lowest BCUT2D eigenvalue weighted by atomic mass is 10.1. The standard InChI is InChI=1S/C26H43N2O.HI/c1-27-23-20-22-26(25-27)21-18-16-14-12-10-8-6-4-5-7-9-11-13-15-17-19-24-28(2)29-3;/h6,8,20,22-23,25H,4-5,7,9,11,13-19,21,24H2,1-3H3;1H/q+1;/p-1/b8-6-;. The maximum absolute atomic E-state index is 5.12. The van der Waals surface area contributed by atoms with E-state index >= 15 is 0 Å². The summed E-state index contributed by atoms with van der Waals surface area (Å²) in [5, 5.41) is 1.91. The van der Waals surface area contributed by atoms with Gasteiger partial charge in [0.25, 0.3) is 0 Å². The molecule has 0 spiro atoms. The molecule has 1 heterocycles. The second-order valence-electron chi connectivity index (χ2n) is 7.96. The van der Waals surface area contributed by atoms with E-state index in [-0.39, 0.29) is 24.0 Å². The minimum absolute atomic E-state index is 0. The van der Waals surface area contributed by atoms with Crippen molar-refractivity contribution in [1.82, 2.24) is 5.06 Å². The monoisotopic (exact) mass is 526 g/mol. The van der Waals surface area contributed by atoms with Gasteiger partial charge >= 0.3 is 0 Å². The van der Waals surface area contributed by atoms with Crippen molar-refractivity contribution in [3.8, 4) is 11.8 Å². The van der Waals surface area contributed by atoms with Crippen molar-refractivity contribution in [2.75, 3.05) is 20.7 Å².